The summed E-state index contributed by atoms with van der Waals surface area (Å²) in [6.45, 7) is 6.08. The molecule has 0 unspecified atom stereocenters. The van der Waals surface area contributed by atoms with Crippen molar-refractivity contribution in [3.8, 4) is 11.5 Å². The van der Waals surface area contributed by atoms with E-state index in [0.717, 1.165) is 42.5 Å². The van der Waals surface area contributed by atoms with E-state index in [0.29, 0.717) is 12.4 Å². The lowest BCUT2D eigenvalue weighted by Gasteiger charge is -2.10. The van der Waals surface area contributed by atoms with E-state index in [-0.39, 0.29) is 24.0 Å². The molecule has 0 radical (unpaired) electrons. The molecule has 0 amide bonds. The van der Waals surface area contributed by atoms with Gasteiger partial charge in [0.05, 0.1) is 12.8 Å². The van der Waals surface area contributed by atoms with E-state index in [2.05, 4.69) is 27.5 Å². The minimum Gasteiger partial charge on any atom is -0.469 e. The molecule has 2 aromatic heterocycles. The maximum atomic E-state index is 5.58. The van der Waals surface area contributed by atoms with Gasteiger partial charge in [0.25, 0.3) is 0 Å². The van der Waals surface area contributed by atoms with Crippen LogP contribution in [0.2, 0.25) is 0 Å². The van der Waals surface area contributed by atoms with Crippen molar-refractivity contribution in [1.82, 2.24) is 15.6 Å². The summed E-state index contributed by atoms with van der Waals surface area (Å²) in [4.78, 5) is 9.08. The first-order valence-corrected chi connectivity index (χ1v) is 8.80. The van der Waals surface area contributed by atoms with E-state index < -0.39 is 0 Å². The van der Waals surface area contributed by atoms with Crippen molar-refractivity contribution in [1.29, 1.82) is 0 Å². The molecule has 0 aliphatic heterocycles. The molecule has 7 heteroatoms. The lowest BCUT2D eigenvalue weighted by atomic mass is 10.1. The van der Waals surface area contributed by atoms with Crippen molar-refractivity contribution < 1.29 is 8.83 Å². The topological polar surface area (TPSA) is 75.6 Å². The Hall–Kier alpha value is -2.29. The third-order valence-corrected chi connectivity index (χ3v) is 3.84. The summed E-state index contributed by atoms with van der Waals surface area (Å²) in [5.74, 6) is 2.32. The molecular weight excluding hydrogens is 455 g/mol. The lowest BCUT2D eigenvalue weighted by Crippen LogP contribution is -2.38. The first-order valence-electron chi connectivity index (χ1n) is 8.80. The second-order valence-corrected chi connectivity index (χ2v) is 5.96. The van der Waals surface area contributed by atoms with Crippen molar-refractivity contribution in [2.75, 3.05) is 13.1 Å². The summed E-state index contributed by atoms with van der Waals surface area (Å²) in [6, 6.07) is 12.0. The summed E-state index contributed by atoms with van der Waals surface area (Å²) in [6.07, 6.45) is 4.15. The number of aryl methyl sites for hydroxylation is 1. The zero-order chi connectivity index (χ0) is 18.2. The second kappa shape index (κ2) is 10.8. The number of furan rings is 1. The van der Waals surface area contributed by atoms with E-state index in [4.69, 9.17) is 8.83 Å². The average Bonchev–Trinajstić information content (AvgIpc) is 3.32. The van der Waals surface area contributed by atoms with Crippen LogP contribution in [0, 0.1) is 6.92 Å². The third kappa shape index (κ3) is 6.42. The summed E-state index contributed by atoms with van der Waals surface area (Å²) < 4.78 is 10.9. The van der Waals surface area contributed by atoms with Crippen molar-refractivity contribution in [2.45, 2.75) is 26.8 Å². The monoisotopic (exact) mass is 480 g/mol. The lowest BCUT2D eigenvalue weighted by molar-refractivity contribution is 0.507. The van der Waals surface area contributed by atoms with Gasteiger partial charge < -0.3 is 19.5 Å². The van der Waals surface area contributed by atoms with Crippen LogP contribution >= 0.6 is 24.0 Å². The Labute approximate surface area is 176 Å². The number of aliphatic imine (C=N–C) groups is 1. The van der Waals surface area contributed by atoms with Crippen molar-refractivity contribution in [2.24, 2.45) is 4.99 Å². The Morgan fingerprint density at radius 3 is 2.63 bits per heavy atom. The van der Waals surface area contributed by atoms with Crippen molar-refractivity contribution in [3.63, 3.8) is 0 Å². The number of hydrogen-bond acceptors (Lipinski definition) is 4. The minimum atomic E-state index is 0. The van der Waals surface area contributed by atoms with Gasteiger partial charge in [-0.1, -0.05) is 17.7 Å². The van der Waals surface area contributed by atoms with Crippen LogP contribution < -0.4 is 10.6 Å². The van der Waals surface area contributed by atoms with Gasteiger partial charge in [-0.15, -0.1) is 24.0 Å². The number of aromatic nitrogens is 1. The fraction of sp³-hybridized carbons (Fsp3) is 0.300. The number of hydrogen-bond donors (Lipinski definition) is 2. The van der Waals surface area contributed by atoms with Crippen molar-refractivity contribution >= 4 is 29.9 Å². The number of nitrogens with one attached hydrogen (secondary N) is 2. The van der Waals surface area contributed by atoms with Crippen LogP contribution in [-0.4, -0.2) is 24.0 Å². The molecule has 0 spiro atoms. The molecule has 2 heterocycles. The Kier molecular flexibility index (Phi) is 8.38. The van der Waals surface area contributed by atoms with Gasteiger partial charge in [0.1, 0.15) is 17.7 Å². The number of nitrogens with zero attached hydrogens (tertiary/aromatic N) is 2. The molecule has 0 saturated carbocycles. The Bertz CT molecular complexity index is 826. The maximum Gasteiger partial charge on any atom is 0.226 e. The number of benzene rings is 1. The van der Waals surface area contributed by atoms with E-state index in [1.54, 1.807) is 12.5 Å². The fourth-order valence-electron chi connectivity index (χ4n) is 2.47. The van der Waals surface area contributed by atoms with Crippen LogP contribution in [0.1, 0.15) is 23.9 Å². The van der Waals surface area contributed by atoms with Gasteiger partial charge in [-0.05, 0) is 38.1 Å². The van der Waals surface area contributed by atoms with E-state index in [1.165, 1.54) is 5.56 Å². The van der Waals surface area contributed by atoms with Crippen molar-refractivity contribution in [3.05, 3.63) is 65.9 Å². The maximum absolute atomic E-state index is 5.58. The smallest absolute Gasteiger partial charge is 0.226 e. The third-order valence-electron chi connectivity index (χ3n) is 3.84. The molecule has 2 N–H and O–H groups in total. The highest BCUT2D eigenvalue weighted by molar-refractivity contribution is 14.0. The van der Waals surface area contributed by atoms with Gasteiger partial charge in [-0.25, -0.2) is 9.98 Å². The molecule has 0 fully saturated rings. The number of rotatable bonds is 7. The van der Waals surface area contributed by atoms with Crippen LogP contribution in [0.5, 0.6) is 0 Å². The van der Waals surface area contributed by atoms with Crippen LogP contribution in [-0.2, 0) is 13.0 Å². The summed E-state index contributed by atoms with van der Waals surface area (Å²) in [5, 5.41) is 6.52. The SMILES string of the molecule is CCNC(=NCc1coc(-c2ccc(C)cc2)n1)NCCc1ccco1.I. The number of guanidine groups is 1. The van der Waals surface area contributed by atoms with Crippen LogP contribution in [0.4, 0.5) is 0 Å². The van der Waals surface area contributed by atoms with Crippen LogP contribution in [0.15, 0.2) is 62.8 Å². The van der Waals surface area contributed by atoms with Gasteiger partial charge in [-0.2, -0.15) is 0 Å². The summed E-state index contributed by atoms with van der Waals surface area (Å²) in [7, 11) is 0. The normalized spacial score (nSPS) is 11.1. The Balaban J connectivity index is 0.00000261. The van der Waals surface area contributed by atoms with Gasteiger partial charge in [0.2, 0.25) is 5.89 Å². The molecule has 1 aromatic carbocycles. The zero-order valence-electron chi connectivity index (χ0n) is 15.6. The van der Waals surface area contributed by atoms with Crippen LogP contribution in [0.3, 0.4) is 0 Å². The quantitative estimate of drug-likeness (QED) is 0.302. The van der Waals surface area contributed by atoms with E-state index in [9.17, 15) is 0 Å². The van der Waals surface area contributed by atoms with Gasteiger partial charge in [-0.3, -0.25) is 0 Å². The van der Waals surface area contributed by atoms with Crippen LogP contribution in [0.25, 0.3) is 11.5 Å². The van der Waals surface area contributed by atoms with Gasteiger partial charge in [0.15, 0.2) is 5.96 Å². The molecule has 27 heavy (non-hydrogen) atoms. The first-order chi connectivity index (χ1) is 12.7. The molecular formula is C20H25IN4O2. The van der Waals surface area contributed by atoms with E-state index >= 15 is 0 Å². The second-order valence-electron chi connectivity index (χ2n) is 5.96. The minimum absolute atomic E-state index is 0. The highest BCUT2D eigenvalue weighted by Crippen LogP contribution is 2.19. The first kappa shape index (κ1) is 21.0. The number of halogens is 1. The standard InChI is InChI=1S/C20H24N4O2.HI/c1-3-21-20(22-11-10-18-5-4-12-25-18)23-13-17-14-26-19(24-17)16-8-6-15(2)7-9-16;/h4-9,12,14H,3,10-11,13H2,1-2H3,(H2,21,22,23);1H. The molecule has 0 aliphatic rings. The fourth-order valence-corrected chi connectivity index (χ4v) is 2.47. The predicted octanol–water partition coefficient (Wildman–Crippen LogP) is 4.16. The highest BCUT2D eigenvalue weighted by Gasteiger charge is 2.07. The summed E-state index contributed by atoms with van der Waals surface area (Å²) >= 11 is 0. The molecule has 3 aromatic rings. The largest absolute Gasteiger partial charge is 0.469 e. The Morgan fingerprint density at radius 2 is 1.93 bits per heavy atom. The molecule has 0 bridgehead atoms. The zero-order valence-corrected chi connectivity index (χ0v) is 17.9. The average molecular weight is 480 g/mol. The molecule has 0 aliphatic carbocycles. The Morgan fingerprint density at radius 1 is 1.11 bits per heavy atom. The highest BCUT2D eigenvalue weighted by atomic mass is 127. The predicted molar refractivity (Wildman–Crippen MR) is 117 cm³/mol. The summed E-state index contributed by atoms with van der Waals surface area (Å²) in [5.41, 5.74) is 2.97. The number of oxazole rings is 1. The molecule has 3 rings (SSSR count). The van der Waals surface area contributed by atoms with E-state index in [1.807, 2.05) is 43.3 Å². The van der Waals surface area contributed by atoms with Gasteiger partial charge >= 0.3 is 0 Å². The van der Waals surface area contributed by atoms with Gasteiger partial charge in [0, 0.05) is 25.1 Å². The molecule has 6 nitrogen and oxygen atoms in total. The molecule has 144 valence electrons. The molecule has 0 atom stereocenters. The molecule has 0 saturated heterocycles.